The molecule has 4 N–H and O–H groups in total. The van der Waals surface area contributed by atoms with Crippen LogP contribution in [0.1, 0.15) is 22.8 Å². The van der Waals surface area contributed by atoms with E-state index in [0.29, 0.717) is 23.5 Å². The number of hydrogen-bond acceptors (Lipinski definition) is 8. The van der Waals surface area contributed by atoms with Crippen molar-refractivity contribution in [2.24, 2.45) is 11.7 Å². The van der Waals surface area contributed by atoms with E-state index in [1.807, 2.05) is 25.1 Å². The molecule has 3 aromatic carbocycles. The van der Waals surface area contributed by atoms with Crippen LogP contribution in [0.2, 0.25) is 0 Å². The van der Waals surface area contributed by atoms with Gasteiger partial charge in [0.25, 0.3) is 11.6 Å². The Hall–Kier alpha value is -4.38. The lowest BCUT2D eigenvalue weighted by Crippen LogP contribution is -2.55. The SMILES string of the molecule is Cc1cccc([C@@H](O)[C@H]2C=C[C@H]3C(=O)N(c4ccc(CN)cc4)C(=O)[C@H]3N2Nc2ccc([N+](=O)[O-])cc2)c1. The molecule has 38 heavy (non-hydrogen) atoms. The molecule has 0 spiro atoms. The number of nitrogens with two attached hydrogens (primary N) is 1. The molecule has 2 aliphatic heterocycles. The number of hydrogen-bond donors (Lipinski definition) is 3. The molecule has 10 nitrogen and oxygen atoms in total. The van der Waals surface area contributed by atoms with Crippen LogP contribution in [0.15, 0.2) is 84.9 Å². The number of rotatable bonds is 7. The molecule has 2 heterocycles. The Morgan fingerprint density at radius 1 is 1.03 bits per heavy atom. The Kier molecular flexibility index (Phi) is 6.77. The number of hydrazine groups is 1. The van der Waals surface area contributed by atoms with Crippen LogP contribution in [0, 0.1) is 23.0 Å². The lowest BCUT2D eigenvalue weighted by molar-refractivity contribution is -0.384. The van der Waals surface area contributed by atoms with Crippen LogP contribution in [0.25, 0.3) is 0 Å². The van der Waals surface area contributed by atoms with Crippen LogP contribution in [0.3, 0.4) is 0 Å². The second-order valence-corrected chi connectivity index (χ2v) is 9.41. The lowest BCUT2D eigenvalue weighted by atomic mass is 9.90. The molecular formula is C28H27N5O5. The molecular weight excluding hydrogens is 486 g/mol. The first-order valence-electron chi connectivity index (χ1n) is 12.2. The number of amides is 2. The number of aliphatic hydroxyl groups excluding tert-OH is 1. The maximum Gasteiger partial charge on any atom is 0.269 e. The van der Waals surface area contributed by atoms with E-state index < -0.39 is 34.9 Å². The first kappa shape index (κ1) is 25.3. The van der Waals surface area contributed by atoms with Crippen molar-refractivity contribution in [2.45, 2.75) is 31.7 Å². The fraction of sp³-hybridized carbons (Fsp3) is 0.214. The Balaban J connectivity index is 1.53. The number of anilines is 2. The molecule has 2 aliphatic rings. The van der Waals surface area contributed by atoms with Crippen LogP contribution in [-0.4, -0.2) is 38.9 Å². The summed E-state index contributed by atoms with van der Waals surface area (Å²) in [6.07, 6.45) is 2.37. The van der Waals surface area contributed by atoms with Crippen molar-refractivity contribution < 1.29 is 19.6 Å². The maximum atomic E-state index is 13.8. The van der Waals surface area contributed by atoms with Crippen LogP contribution in [0.4, 0.5) is 17.1 Å². The number of carbonyl (C=O) groups excluding carboxylic acids is 2. The zero-order chi connectivity index (χ0) is 27.0. The van der Waals surface area contributed by atoms with Crippen LogP contribution < -0.4 is 16.1 Å². The molecule has 194 valence electrons. The third kappa shape index (κ3) is 4.56. The normalized spacial score (nSPS) is 21.9. The largest absolute Gasteiger partial charge is 0.386 e. The minimum atomic E-state index is -1.03. The van der Waals surface area contributed by atoms with Crippen LogP contribution in [0.5, 0.6) is 0 Å². The van der Waals surface area contributed by atoms with Crippen LogP contribution >= 0.6 is 0 Å². The highest BCUT2D eigenvalue weighted by Gasteiger charge is 2.54. The molecule has 0 radical (unpaired) electrons. The van der Waals surface area contributed by atoms with Crippen molar-refractivity contribution in [1.29, 1.82) is 0 Å². The number of benzene rings is 3. The molecule has 0 aromatic heterocycles. The molecule has 1 saturated heterocycles. The number of aryl methyl sites for hydroxylation is 1. The third-order valence-corrected chi connectivity index (χ3v) is 6.93. The minimum absolute atomic E-state index is 0.0810. The van der Waals surface area contributed by atoms with Gasteiger partial charge in [-0.25, -0.2) is 9.91 Å². The van der Waals surface area contributed by atoms with Crippen molar-refractivity contribution in [3.8, 4) is 0 Å². The predicted octanol–water partition coefficient (Wildman–Crippen LogP) is 3.22. The van der Waals surface area contributed by atoms with E-state index in [0.717, 1.165) is 16.0 Å². The summed E-state index contributed by atoms with van der Waals surface area (Å²) in [7, 11) is 0. The summed E-state index contributed by atoms with van der Waals surface area (Å²) < 4.78 is 0. The lowest BCUT2D eigenvalue weighted by Gasteiger charge is -2.40. The highest BCUT2D eigenvalue weighted by atomic mass is 16.6. The molecule has 0 saturated carbocycles. The van der Waals surface area contributed by atoms with Gasteiger partial charge in [0.05, 0.1) is 28.7 Å². The van der Waals surface area contributed by atoms with E-state index in [2.05, 4.69) is 5.43 Å². The number of carbonyl (C=O) groups is 2. The summed E-state index contributed by atoms with van der Waals surface area (Å²) in [5.74, 6) is -1.61. The van der Waals surface area contributed by atoms with E-state index in [9.17, 15) is 24.8 Å². The zero-order valence-electron chi connectivity index (χ0n) is 20.6. The van der Waals surface area contributed by atoms with Gasteiger partial charge in [-0.1, -0.05) is 54.1 Å². The number of imide groups is 1. The molecule has 0 bridgehead atoms. The Morgan fingerprint density at radius 3 is 2.37 bits per heavy atom. The first-order valence-corrected chi connectivity index (χ1v) is 12.2. The molecule has 3 aromatic rings. The number of nitro groups is 1. The van der Waals surface area contributed by atoms with Gasteiger partial charge in [-0.05, 0) is 42.3 Å². The molecule has 1 fully saturated rings. The van der Waals surface area contributed by atoms with Crippen molar-refractivity contribution in [1.82, 2.24) is 5.01 Å². The number of nitrogens with zero attached hydrogens (tertiary/aromatic N) is 3. The standard InChI is InChI=1S/C28H27N5O5/c1-17-3-2-4-19(15-17)26(34)24-14-13-23-25(32(24)30-20-7-11-22(12-8-20)33(37)38)28(36)31(27(23)35)21-9-5-18(16-29)6-10-21/h2-15,23-26,30,34H,16,29H2,1H3/t23-,24-,25+,26-/m1/s1. The van der Waals surface area contributed by atoms with Gasteiger partial charge in [0.2, 0.25) is 5.91 Å². The highest BCUT2D eigenvalue weighted by Crippen LogP contribution is 2.38. The molecule has 2 amide bonds. The van der Waals surface area contributed by atoms with E-state index in [-0.39, 0.29) is 11.6 Å². The third-order valence-electron chi connectivity index (χ3n) is 6.93. The summed E-state index contributed by atoms with van der Waals surface area (Å²) in [4.78, 5) is 39.0. The van der Waals surface area contributed by atoms with Crippen molar-refractivity contribution >= 4 is 28.9 Å². The van der Waals surface area contributed by atoms with Crippen molar-refractivity contribution in [3.05, 3.63) is 112 Å². The molecule has 5 rings (SSSR count). The second kappa shape index (κ2) is 10.2. The average Bonchev–Trinajstić information content (AvgIpc) is 3.18. The van der Waals surface area contributed by atoms with Gasteiger partial charge in [-0.2, -0.15) is 0 Å². The van der Waals surface area contributed by atoms with Crippen LogP contribution in [-0.2, 0) is 16.1 Å². The van der Waals surface area contributed by atoms with E-state index in [1.54, 1.807) is 47.5 Å². The number of nitrogens with one attached hydrogen (secondary N) is 1. The molecule has 4 atom stereocenters. The van der Waals surface area contributed by atoms with Gasteiger partial charge in [0.15, 0.2) is 0 Å². The number of aliphatic hydroxyl groups is 1. The summed E-state index contributed by atoms with van der Waals surface area (Å²) in [5, 5.41) is 24.1. The summed E-state index contributed by atoms with van der Waals surface area (Å²) in [6, 6.07) is 18.4. The summed E-state index contributed by atoms with van der Waals surface area (Å²) >= 11 is 0. The van der Waals surface area contributed by atoms with Crippen molar-refractivity contribution in [3.63, 3.8) is 0 Å². The minimum Gasteiger partial charge on any atom is -0.386 e. The first-order chi connectivity index (χ1) is 18.3. The quantitative estimate of drug-likeness (QED) is 0.189. The molecule has 10 heteroatoms. The zero-order valence-corrected chi connectivity index (χ0v) is 20.6. The second-order valence-electron chi connectivity index (χ2n) is 9.41. The molecule has 0 unspecified atom stereocenters. The van der Waals surface area contributed by atoms with Gasteiger partial charge in [0.1, 0.15) is 6.04 Å². The summed E-state index contributed by atoms with van der Waals surface area (Å²) in [5.41, 5.74) is 12.2. The van der Waals surface area contributed by atoms with Gasteiger partial charge >= 0.3 is 0 Å². The number of non-ortho nitro benzene ring substituents is 1. The fourth-order valence-electron chi connectivity index (χ4n) is 4.96. The van der Waals surface area contributed by atoms with Gasteiger partial charge in [0, 0.05) is 24.4 Å². The Morgan fingerprint density at radius 2 is 1.74 bits per heavy atom. The number of fused-ring (bicyclic) bond motifs is 1. The van der Waals surface area contributed by atoms with Gasteiger partial charge < -0.3 is 16.3 Å². The Labute approximate surface area is 219 Å². The fourth-order valence-corrected chi connectivity index (χ4v) is 4.96. The monoisotopic (exact) mass is 513 g/mol. The van der Waals surface area contributed by atoms with Gasteiger partial charge in [-0.15, -0.1) is 0 Å². The smallest absolute Gasteiger partial charge is 0.269 e. The Bertz CT molecular complexity index is 1410. The summed E-state index contributed by atoms with van der Waals surface area (Å²) in [6.45, 7) is 2.25. The van der Waals surface area contributed by atoms with E-state index in [1.165, 1.54) is 24.3 Å². The maximum absolute atomic E-state index is 13.8. The van der Waals surface area contributed by atoms with E-state index in [4.69, 9.17) is 5.73 Å². The van der Waals surface area contributed by atoms with E-state index >= 15 is 0 Å². The predicted molar refractivity (Wildman–Crippen MR) is 142 cm³/mol. The topological polar surface area (TPSA) is 142 Å². The highest BCUT2D eigenvalue weighted by molar-refractivity contribution is 6.24. The number of nitro benzene ring substituents is 1. The average molecular weight is 514 g/mol. The molecule has 0 aliphatic carbocycles. The van der Waals surface area contributed by atoms with Gasteiger partial charge in [-0.3, -0.25) is 19.7 Å². The van der Waals surface area contributed by atoms with Crippen molar-refractivity contribution in [2.75, 3.05) is 10.3 Å².